The molecular weight excluding hydrogens is 457 g/mol. The van der Waals surface area contributed by atoms with Gasteiger partial charge in [0, 0.05) is 11.4 Å². The molecule has 34 heavy (non-hydrogen) atoms. The number of hydrogen-bond donors (Lipinski definition) is 2. The lowest BCUT2D eigenvalue weighted by Crippen LogP contribution is -2.42. The Balaban J connectivity index is 1.39. The number of nitrogens with one attached hydrogen (secondary N) is 1. The molecule has 2 atom stereocenters. The summed E-state index contributed by atoms with van der Waals surface area (Å²) in [4.78, 5) is 31.4. The van der Waals surface area contributed by atoms with Gasteiger partial charge in [-0.05, 0) is 89.6 Å². The van der Waals surface area contributed by atoms with E-state index < -0.39 is 23.1 Å². The van der Waals surface area contributed by atoms with E-state index in [-0.39, 0.29) is 11.9 Å². The highest BCUT2D eigenvalue weighted by molar-refractivity contribution is 7.14. The number of amides is 1. The molecular formula is C25H32FN3O4S. The molecule has 1 aromatic carbocycles. The number of carbonyl (C=O) groups excluding carboxylic acids is 1. The van der Waals surface area contributed by atoms with Crippen LogP contribution in [0.4, 0.5) is 14.3 Å². The van der Waals surface area contributed by atoms with E-state index in [9.17, 15) is 19.1 Å². The minimum absolute atomic E-state index is 0.175. The Hall–Kier alpha value is -2.52. The van der Waals surface area contributed by atoms with Crippen molar-refractivity contribution < 1.29 is 23.8 Å². The van der Waals surface area contributed by atoms with Gasteiger partial charge in [-0.2, -0.15) is 0 Å². The number of aliphatic carboxylic acids is 1. The largest absolute Gasteiger partial charge is 0.481 e. The minimum Gasteiger partial charge on any atom is -0.481 e. The molecule has 0 bridgehead atoms. The molecule has 2 N–H and O–H groups in total. The predicted octanol–water partition coefficient (Wildman–Crippen LogP) is 5.38. The second-order valence-corrected chi connectivity index (χ2v) is 11.2. The van der Waals surface area contributed by atoms with Gasteiger partial charge >= 0.3 is 12.1 Å². The molecule has 184 valence electrons. The lowest BCUT2D eigenvalue weighted by Gasteiger charge is -2.36. The van der Waals surface area contributed by atoms with Crippen LogP contribution >= 0.6 is 11.3 Å². The molecule has 7 nitrogen and oxygen atoms in total. The number of hydrogen-bond acceptors (Lipinski definition) is 6. The fraction of sp³-hybridized carbons (Fsp3) is 0.560. The smallest absolute Gasteiger partial charge is 0.413 e. The summed E-state index contributed by atoms with van der Waals surface area (Å²) in [6.45, 7) is 7.12. The molecule has 0 spiro atoms. The summed E-state index contributed by atoms with van der Waals surface area (Å²) in [5, 5.41) is 14.9. The van der Waals surface area contributed by atoms with E-state index in [1.165, 1.54) is 29.0 Å². The molecule has 9 heteroatoms. The van der Waals surface area contributed by atoms with Gasteiger partial charge in [0.1, 0.15) is 16.8 Å². The van der Waals surface area contributed by atoms with Gasteiger partial charge < -0.3 is 14.7 Å². The minimum atomic E-state index is -1.05. The van der Waals surface area contributed by atoms with E-state index in [1.54, 1.807) is 26.2 Å². The number of rotatable bonds is 5. The number of piperidine rings is 1. The summed E-state index contributed by atoms with van der Waals surface area (Å²) >= 11 is 1.22. The van der Waals surface area contributed by atoms with Gasteiger partial charge in [-0.15, -0.1) is 11.3 Å². The van der Waals surface area contributed by atoms with Crippen LogP contribution in [-0.4, -0.2) is 51.8 Å². The SMILES string of the molecule is CC(C)(C)OC(=O)Nc1nc(C2(C(=O)O)CCC(N3CCC(c4ccc(F)cc4)CC3)C2)cs1. The Bertz CT molecular complexity index is 1030. The number of aromatic nitrogens is 1. The molecule has 4 rings (SSSR count). The van der Waals surface area contributed by atoms with Crippen molar-refractivity contribution in [2.75, 3.05) is 18.4 Å². The first-order valence-electron chi connectivity index (χ1n) is 11.7. The Morgan fingerprint density at radius 2 is 1.88 bits per heavy atom. The molecule has 2 heterocycles. The number of likely N-dealkylation sites (tertiary alicyclic amines) is 1. The number of carbonyl (C=O) groups is 2. The number of carboxylic acids is 1. The molecule has 1 aliphatic heterocycles. The van der Waals surface area contributed by atoms with E-state index in [1.807, 2.05) is 12.1 Å². The van der Waals surface area contributed by atoms with Crippen LogP contribution < -0.4 is 5.32 Å². The summed E-state index contributed by atoms with van der Waals surface area (Å²) in [6, 6.07) is 6.94. The average molecular weight is 490 g/mol. The Morgan fingerprint density at radius 1 is 1.21 bits per heavy atom. The Morgan fingerprint density at radius 3 is 2.50 bits per heavy atom. The summed E-state index contributed by atoms with van der Waals surface area (Å²) in [7, 11) is 0. The van der Waals surface area contributed by atoms with Crippen molar-refractivity contribution in [3.63, 3.8) is 0 Å². The molecule has 2 aliphatic rings. The quantitative estimate of drug-likeness (QED) is 0.586. The van der Waals surface area contributed by atoms with Crippen LogP contribution in [-0.2, 0) is 14.9 Å². The van der Waals surface area contributed by atoms with Crippen LogP contribution in [0, 0.1) is 5.82 Å². The van der Waals surface area contributed by atoms with Crippen LogP contribution in [0.3, 0.4) is 0 Å². The summed E-state index contributed by atoms with van der Waals surface area (Å²) in [6.07, 6.45) is 3.15. The lowest BCUT2D eigenvalue weighted by molar-refractivity contribution is -0.144. The van der Waals surface area contributed by atoms with E-state index >= 15 is 0 Å². The highest BCUT2D eigenvalue weighted by Crippen LogP contribution is 2.45. The fourth-order valence-electron chi connectivity index (χ4n) is 5.14. The van der Waals surface area contributed by atoms with Crippen molar-refractivity contribution in [2.24, 2.45) is 0 Å². The third-order valence-electron chi connectivity index (χ3n) is 6.89. The standard InChI is InChI=1S/C25H32FN3O4S/c1-24(2,3)33-23(32)28-22-27-20(15-34-22)25(21(30)31)11-8-19(14-25)29-12-9-17(10-13-29)16-4-6-18(26)7-5-16/h4-7,15,17,19H,8-14H2,1-3H3,(H,30,31)(H,27,28,32). The first-order chi connectivity index (χ1) is 16.1. The lowest BCUT2D eigenvalue weighted by atomic mass is 9.82. The normalized spacial score (nSPS) is 24.2. The average Bonchev–Trinajstić information content (AvgIpc) is 3.41. The number of nitrogens with zero attached hydrogens (tertiary/aromatic N) is 2. The van der Waals surface area contributed by atoms with Crippen LogP contribution in [0.15, 0.2) is 29.6 Å². The molecule has 1 amide bonds. The zero-order valence-corrected chi connectivity index (χ0v) is 20.7. The van der Waals surface area contributed by atoms with Crippen LogP contribution in [0.25, 0.3) is 0 Å². The van der Waals surface area contributed by atoms with Crippen molar-refractivity contribution in [2.45, 2.75) is 75.9 Å². The molecule has 2 unspecified atom stereocenters. The maximum atomic E-state index is 13.2. The molecule has 1 saturated carbocycles. The summed E-state index contributed by atoms with van der Waals surface area (Å²) in [5.74, 6) is -0.684. The molecule has 1 saturated heterocycles. The number of thiazole rings is 1. The highest BCUT2D eigenvalue weighted by Gasteiger charge is 2.50. The first kappa shape index (κ1) is 24.6. The van der Waals surface area contributed by atoms with Gasteiger partial charge in [0.2, 0.25) is 0 Å². The fourth-order valence-corrected chi connectivity index (χ4v) is 5.94. The van der Waals surface area contributed by atoms with Gasteiger partial charge in [0.25, 0.3) is 0 Å². The zero-order valence-electron chi connectivity index (χ0n) is 19.8. The van der Waals surface area contributed by atoms with Crippen molar-refractivity contribution in [3.05, 3.63) is 46.7 Å². The molecule has 2 fully saturated rings. The van der Waals surface area contributed by atoms with Crippen LogP contribution in [0.2, 0.25) is 0 Å². The maximum Gasteiger partial charge on any atom is 0.413 e. The van der Waals surface area contributed by atoms with Crippen molar-refractivity contribution in [3.8, 4) is 0 Å². The molecule has 1 aromatic heterocycles. The third-order valence-corrected chi connectivity index (χ3v) is 7.65. The third kappa shape index (κ3) is 5.41. The van der Waals surface area contributed by atoms with Gasteiger partial charge in [-0.25, -0.2) is 14.2 Å². The Labute approximate surface area is 203 Å². The van der Waals surface area contributed by atoms with Gasteiger partial charge in [0.05, 0.1) is 5.69 Å². The molecule has 0 radical (unpaired) electrons. The summed E-state index contributed by atoms with van der Waals surface area (Å²) < 4.78 is 18.5. The van der Waals surface area contributed by atoms with Gasteiger partial charge in [-0.1, -0.05) is 12.1 Å². The number of carboxylic acid groups (broad SMARTS) is 1. The predicted molar refractivity (Wildman–Crippen MR) is 129 cm³/mol. The van der Waals surface area contributed by atoms with Gasteiger partial charge in [0.15, 0.2) is 5.13 Å². The number of halogens is 1. The highest BCUT2D eigenvalue weighted by atomic mass is 32.1. The number of anilines is 1. The second-order valence-electron chi connectivity index (χ2n) is 10.3. The van der Waals surface area contributed by atoms with Crippen molar-refractivity contribution >= 4 is 28.5 Å². The van der Waals surface area contributed by atoms with E-state index in [0.717, 1.165) is 32.4 Å². The van der Waals surface area contributed by atoms with E-state index in [4.69, 9.17) is 4.74 Å². The van der Waals surface area contributed by atoms with Crippen LogP contribution in [0.5, 0.6) is 0 Å². The second kappa shape index (κ2) is 9.62. The molecule has 1 aliphatic carbocycles. The van der Waals surface area contributed by atoms with Crippen LogP contribution in [0.1, 0.15) is 70.1 Å². The number of benzene rings is 1. The molecule has 2 aromatic rings. The topological polar surface area (TPSA) is 91.8 Å². The maximum absolute atomic E-state index is 13.2. The first-order valence-corrected chi connectivity index (χ1v) is 12.6. The van der Waals surface area contributed by atoms with E-state index in [2.05, 4.69) is 15.2 Å². The van der Waals surface area contributed by atoms with Crippen molar-refractivity contribution in [1.82, 2.24) is 9.88 Å². The van der Waals surface area contributed by atoms with E-state index in [0.29, 0.717) is 29.6 Å². The van der Waals surface area contributed by atoms with Gasteiger partial charge in [-0.3, -0.25) is 10.1 Å². The summed E-state index contributed by atoms with van der Waals surface area (Å²) in [5.41, 5.74) is -0.0161. The Kier molecular flexibility index (Phi) is 6.96. The monoisotopic (exact) mass is 489 g/mol. The zero-order chi connectivity index (χ0) is 24.5. The number of ether oxygens (including phenoxy) is 1. The van der Waals surface area contributed by atoms with Crippen molar-refractivity contribution in [1.29, 1.82) is 0 Å².